The van der Waals surface area contributed by atoms with Gasteiger partial charge < -0.3 is 14.5 Å². The van der Waals surface area contributed by atoms with E-state index >= 15 is 0 Å². The Labute approximate surface area is 130 Å². The van der Waals surface area contributed by atoms with Crippen LogP contribution in [-0.4, -0.2) is 64.4 Å². The number of piperazine rings is 1. The van der Waals surface area contributed by atoms with Gasteiger partial charge in [-0.2, -0.15) is 18.3 Å². The van der Waals surface area contributed by atoms with Crippen LogP contribution < -0.4 is 0 Å². The highest BCUT2D eigenvalue weighted by Crippen LogP contribution is 2.27. The fourth-order valence-corrected chi connectivity index (χ4v) is 2.19. The molecule has 0 unspecified atom stereocenters. The van der Waals surface area contributed by atoms with E-state index in [0.717, 1.165) is 16.9 Å². The molecule has 0 aromatic carbocycles. The van der Waals surface area contributed by atoms with Gasteiger partial charge in [-0.3, -0.25) is 9.48 Å². The van der Waals surface area contributed by atoms with Gasteiger partial charge in [-0.1, -0.05) is 0 Å². The zero-order chi connectivity index (χ0) is 17.0. The molecule has 0 atom stereocenters. The largest absolute Gasteiger partial charge is 0.450 e. The first-order valence-electron chi connectivity index (χ1n) is 7.11. The summed E-state index contributed by atoms with van der Waals surface area (Å²) in [6.07, 6.45) is -3.84. The van der Waals surface area contributed by atoms with Crippen LogP contribution in [0, 0.1) is 0 Å². The van der Waals surface area contributed by atoms with E-state index in [0.29, 0.717) is 26.2 Å². The molecule has 1 aliphatic rings. The Kier molecular flexibility index (Phi) is 5.12. The lowest BCUT2D eigenvalue weighted by Crippen LogP contribution is -2.51. The summed E-state index contributed by atoms with van der Waals surface area (Å²) >= 11 is 0. The van der Waals surface area contributed by atoms with E-state index < -0.39 is 18.0 Å². The molecule has 2 heterocycles. The van der Waals surface area contributed by atoms with E-state index in [1.165, 1.54) is 9.80 Å². The van der Waals surface area contributed by atoms with E-state index in [-0.39, 0.29) is 19.1 Å². The zero-order valence-corrected chi connectivity index (χ0v) is 12.5. The van der Waals surface area contributed by atoms with Gasteiger partial charge in [0, 0.05) is 32.4 Å². The SMILES string of the molecule is CCOC(=O)N1CCN(C(=O)Cn2ccc(C(F)(F)F)n2)CC1. The van der Waals surface area contributed by atoms with Crippen LogP contribution in [0.5, 0.6) is 0 Å². The van der Waals surface area contributed by atoms with Crippen LogP contribution in [0.4, 0.5) is 18.0 Å². The van der Waals surface area contributed by atoms with Crippen LogP contribution in [0.25, 0.3) is 0 Å². The van der Waals surface area contributed by atoms with Crippen LogP contribution in [0.3, 0.4) is 0 Å². The summed E-state index contributed by atoms with van der Waals surface area (Å²) in [5.41, 5.74) is -1.03. The normalized spacial score (nSPS) is 15.7. The minimum Gasteiger partial charge on any atom is -0.450 e. The van der Waals surface area contributed by atoms with Crippen LogP contribution >= 0.6 is 0 Å². The molecule has 2 rings (SSSR count). The van der Waals surface area contributed by atoms with Crippen molar-refractivity contribution in [1.82, 2.24) is 19.6 Å². The highest BCUT2D eigenvalue weighted by molar-refractivity contribution is 5.76. The molecule has 0 aliphatic carbocycles. The summed E-state index contributed by atoms with van der Waals surface area (Å²) in [6, 6.07) is 0.825. The number of amides is 2. The summed E-state index contributed by atoms with van der Waals surface area (Å²) in [6.45, 7) is 3.00. The van der Waals surface area contributed by atoms with Crippen LogP contribution in [0.1, 0.15) is 12.6 Å². The zero-order valence-electron chi connectivity index (χ0n) is 12.5. The maximum absolute atomic E-state index is 12.5. The molecule has 1 fully saturated rings. The number of halogens is 3. The molecule has 23 heavy (non-hydrogen) atoms. The maximum atomic E-state index is 12.5. The van der Waals surface area contributed by atoms with Gasteiger partial charge in [0.2, 0.25) is 5.91 Å². The first-order valence-corrected chi connectivity index (χ1v) is 7.11. The molecule has 10 heteroatoms. The average Bonchev–Trinajstić information content (AvgIpc) is 2.96. The van der Waals surface area contributed by atoms with Crippen molar-refractivity contribution in [2.24, 2.45) is 0 Å². The lowest BCUT2D eigenvalue weighted by atomic mass is 10.3. The number of ether oxygens (including phenoxy) is 1. The monoisotopic (exact) mass is 334 g/mol. The Hall–Kier alpha value is -2.26. The molecule has 128 valence electrons. The number of rotatable bonds is 3. The van der Waals surface area contributed by atoms with E-state index in [1.54, 1.807) is 6.92 Å². The molecular weight excluding hydrogens is 317 g/mol. The fraction of sp³-hybridized carbons (Fsp3) is 0.615. The van der Waals surface area contributed by atoms with Crippen molar-refractivity contribution in [3.8, 4) is 0 Å². The molecule has 1 aliphatic heterocycles. The average molecular weight is 334 g/mol. The lowest BCUT2D eigenvalue weighted by Gasteiger charge is -2.34. The number of hydrogen-bond acceptors (Lipinski definition) is 4. The summed E-state index contributed by atoms with van der Waals surface area (Å²) in [5.74, 6) is -0.342. The standard InChI is InChI=1S/C13H17F3N4O3/c1-2-23-12(22)19-7-5-18(6-8-19)11(21)9-20-4-3-10(17-20)13(14,15)16/h3-4H,2,5-9H2,1H3. The first-order chi connectivity index (χ1) is 10.8. The maximum Gasteiger partial charge on any atom is 0.435 e. The van der Waals surface area contributed by atoms with Gasteiger partial charge in [-0.05, 0) is 13.0 Å². The highest BCUT2D eigenvalue weighted by atomic mass is 19.4. The summed E-state index contributed by atoms with van der Waals surface area (Å²) in [7, 11) is 0. The van der Waals surface area contributed by atoms with Crippen LogP contribution in [0.2, 0.25) is 0 Å². The topological polar surface area (TPSA) is 67.7 Å². The van der Waals surface area contributed by atoms with Gasteiger partial charge in [0.15, 0.2) is 5.69 Å². The quantitative estimate of drug-likeness (QED) is 0.833. The van der Waals surface area contributed by atoms with Crippen molar-refractivity contribution in [2.45, 2.75) is 19.6 Å². The number of carbonyl (C=O) groups excluding carboxylic acids is 2. The Morgan fingerprint density at radius 1 is 1.22 bits per heavy atom. The van der Waals surface area contributed by atoms with Gasteiger partial charge in [-0.25, -0.2) is 4.79 Å². The lowest BCUT2D eigenvalue weighted by molar-refractivity contribution is -0.142. The minimum atomic E-state index is -4.53. The van der Waals surface area contributed by atoms with Crippen molar-refractivity contribution < 1.29 is 27.5 Å². The molecule has 0 N–H and O–H groups in total. The molecule has 0 radical (unpaired) electrons. The van der Waals surface area contributed by atoms with Crippen molar-refractivity contribution in [1.29, 1.82) is 0 Å². The molecule has 1 aromatic rings. The van der Waals surface area contributed by atoms with Gasteiger partial charge in [0.05, 0.1) is 6.61 Å². The third kappa shape index (κ3) is 4.36. The van der Waals surface area contributed by atoms with E-state index in [2.05, 4.69) is 5.10 Å². The van der Waals surface area contributed by atoms with Crippen molar-refractivity contribution in [3.05, 3.63) is 18.0 Å². The molecule has 2 amide bonds. The summed E-state index contributed by atoms with van der Waals surface area (Å²) in [4.78, 5) is 26.6. The van der Waals surface area contributed by atoms with Gasteiger partial charge >= 0.3 is 12.3 Å². The van der Waals surface area contributed by atoms with E-state index in [4.69, 9.17) is 4.74 Å². The second kappa shape index (κ2) is 6.88. The summed E-state index contributed by atoms with van der Waals surface area (Å²) in [5, 5.41) is 3.34. The van der Waals surface area contributed by atoms with E-state index in [9.17, 15) is 22.8 Å². The van der Waals surface area contributed by atoms with Crippen molar-refractivity contribution in [2.75, 3.05) is 32.8 Å². The Bertz CT molecular complexity index is 565. The Morgan fingerprint density at radius 2 is 1.83 bits per heavy atom. The molecule has 0 spiro atoms. The highest BCUT2D eigenvalue weighted by Gasteiger charge is 2.34. The first kappa shape index (κ1) is 17.1. The Morgan fingerprint density at radius 3 is 2.35 bits per heavy atom. The molecule has 7 nitrogen and oxygen atoms in total. The van der Waals surface area contributed by atoms with Gasteiger partial charge in [0.25, 0.3) is 0 Å². The second-order valence-corrected chi connectivity index (χ2v) is 4.96. The van der Waals surface area contributed by atoms with Gasteiger partial charge in [0.1, 0.15) is 6.54 Å². The molecule has 0 bridgehead atoms. The minimum absolute atomic E-state index is 0.268. The second-order valence-electron chi connectivity index (χ2n) is 4.96. The van der Waals surface area contributed by atoms with Crippen molar-refractivity contribution >= 4 is 12.0 Å². The van der Waals surface area contributed by atoms with Gasteiger partial charge in [-0.15, -0.1) is 0 Å². The molecular formula is C13H17F3N4O3. The number of nitrogens with zero attached hydrogens (tertiary/aromatic N) is 4. The third-order valence-electron chi connectivity index (χ3n) is 3.39. The van der Waals surface area contributed by atoms with Crippen LogP contribution in [0.15, 0.2) is 12.3 Å². The third-order valence-corrected chi connectivity index (χ3v) is 3.39. The number of aromatic nitrogens is 2. The molecule has 1 saturated heterocycles. The smallest absolute Gasteiger partial charge is 0.435 e. The molecule has 1 aromatic heterocycles. The fourth-order valence-electron chi connectivity index (χ4n) is 2.19. The number of alkyl halides is 3. The number of hydrogen-bond donors (Lipinski definition) is 0. The van der Waals surface area contributed by atoms with Crippen LogP contribution in [-0.2, 0) is 22.3 Å². The van der Waals surface area contributed by atoms with E-state index in [1.807, 2.05) is 0 Å². The number of carbonyl (C=O) groups is 2. The molecule has 0 saturated carbocycles. The Balaban J connectivity index is 1.86. The predicted octanol–water partition coefficient (Wildman–Crippen LogP) is 1.20. The van der Waals surface area contributed by atoms with Crippen molar-refractivity contribution in [3.63, 3.8) is 0 Å². The summed E-state index contributed by atoms with van der Waals surface area (Å²) < 4.78 is 43.2. The predicted molar refractivity (Wildman–Crippen MR) is 72.4 cm³/mol.